The first-order valence-corrected chi connectivity index (χ1v) is 7.90. The molecule has 0 aliphatic heterocycles. The van der Waals surface area contributed by atoms with E-state index in [-0.39, 0.29) is 4.90 Å². The lowest BCUT2D eigenvalue weighted by Gasteiger charge is -2.13. The number of halogens is 2. The molecule has 0 saturated carbocycles. The first-order valence-electron chi connectivity index (χ1n) is 4.83. The third-order valence-corrected chi connectivity index (χ3v) is 5.10. The van der Waals surface area contributed by atoms with E-state index in [9.17, 15) is 13.2 Å². The molecule has 100 valence electrons. The van der Waals surface area contributed by atoms with Crippen molar-refractivity contribution >= 4 is 47.9 Å². The van der Waals surface area contributed by atoms with Crippen molar-refractivity contribution in [2.75, 3.05) is 7.11 Å². The van der Waals surface area contributed by atoms with Gasteiger partial charge in [-0.15, -0.1) is 0 Å². The number of carbonyl (C=O) groups is 1. The second-order valence-corrected chi connectivity index (χ2v) is 6.89. The molecule has 1 unspecified atom stereocenters. The number of carbonyl (C=O) groups excluding carboxylic acids is 1. The minimum Gasteiger partial charge on any atom is -0.468 e. The van der Waals surface area contributed by atoms with Gasteiger partial charge < -0.3 is 4.74 Å². The number of nitrogens with one attached hydrogen (secondary N) is 1. The summed E-state index contributed by atoms with van der Waals surface area (Å²) in [5.41, 5.74) is 0. The fourth-order valence-corrected chi connectivity index (χ4v) is 3.90. The summed E-state index contributed by atoms with van der Waals surface area (Å²) >= 11 is 6.35. The van der Waals surface area contributed by atoms with Gasteiger partial charge in [0.25, 0.3) is 0 Å². The maximum Gasteiger partial charge on any atom is 0.323 e. The molecule has 0 aliphatic rings. The number of sulfonamides is 1. The van der Waals surface area contributed by atoms with E-state index in [1.54, 1.807) is 12.1 Å². The van der Waals surface area contributed by atoms with E-state index < -0.39 is 22.0 Å². The van der Waals surface area contributed by atoms with Crippen LogP contribution in [0.1, 0.15) is 6.92 Å². The standard InChI is InChI=1S/C10H11Br2NO4S/c1-6(10(14)17-2)13-18(15,16)9-5-7(11)3-4-8(9)12/h3-6,13H,1-2H3. The number of benzene rings is 1. The van der Waals surface area contributed by atoms with Crippen LogP contribution in [0, 0.1) is 0 Å². The molecule has 1 aromatic carbocycles. The molecule has 0 bridgehead atoms. The Bertz CT molecular complexity index is 559. The smallest absolute Gasteiger partial charge is 0.323 e. The van der Waals surface area contributed by atoms with Crippen LogP contribution in [0.2, 0.25) is 0 Å². The number of methoxy groups -OCH3 is 1. The van der Waals surface area contributed by atoms with E-state index in [1.807, 2.05) is 0 Å². The topological polar surface area (TPSA) is 72.5 Å². The fourth-order valence-electron chi connectivity index (χ4n) is 1.20. The normalized spacial score (nSPS) is 13.1. The Balaban J connectivity index is 3.07. The molecule has 5 nitrogen and oxygen atoms in total. The maximum atomic E-state index is 12.1. The van der Waals surface area contributed by atoms with E-state index >= 15 is 0 Å². The third kappa shape index (κ3) is 3.78. The Morgan fingerprint density at radius 3 is 2.56 bits per heavy atom. The maximum absolute atomic E-state index is 12.1. The van der Waals surface area contributed by atoms with Gasteiger partial charge in [-0.25, -0.2) is 8.42 Å². The van der Waals surface area contributed by atoms with E-state index in [0.29, 0.717) is 8.95 Å². The van der Waals surface area contributed by atoms with Gasteiger partial charge in [0.05, 0.1) is 12.0 Å². The highest BCUT2D eigenvalue weighted by Gasteiger charge is 2.24. The van der Waals surface area contributed by atoms with Crippen molar-refractivity contribution < 1.29 is 17.9 Å². The monoisotopic (exact) mass is 399 g/mol. The highest BCUT2D eigenvalue weighted by Crippen LogP contribution is 2.25. The van der Waals surface area contributed by atoms with Gasteiger partial charge in [0.15, 0.2) is 0 Å². The van der Waals surface area contributed by atoms with Gasteiger partial charge in [0.1, 0.15) is 6.04 Å². The van der Waals surface area contributed by atoms with Crippen molar-refractivity contribution in [1.82, 2.24) is 4.72 Å². The molecule has 1 atom stereocenters. The van der Waals surface area contributed by atoms with Crippen molar-refractivity contribution in [3.8, 4) is 0 Å². The first kappa shape index (κ1) is 15.6. The minimum absolute atomic E-state index is 0.0487. The largest absolute Gasteiger partial charge is 0.468 e. The summed E-state index contributed by atoms with van der Waals surface area (Å²) in [6.45, 7) is 1.41. The quantitative estimate of drug-likeness (QED) is 0.785. The zero-order valence-electron chi connectivity index (χ0n) is 9.61. The van der Waals surface area contributed by atoms with Crippen LogP contribution in [0.3, 0.4) is 0 Å². The SMILES string of the molecule is COC(=O)C(C)NS(=O)(=O)c1cc(Br)ccc1Br. The van der Waals surface area contributed by atoms with Gasteiger partial charge in [-0.2, -0.15) is 4.72 Å². The second-order valence-electron chi connectivity index (χ2n) is 3.44. The number of hydrogen-bond acceptors (Lipinski definition) is 4. The summed E-state index contributed by atoms with van der Waals surface area (Å²) in [6, 6.07) is 3.79. The molecule has 0 aliphatic carbocycles. The molecule has 1 aromatic rings. The Morgan fingerprint density at radius 1 is 1.39 bits per heavy atom. The fraction of sp³-hybridized carbons (Fsp3) is 0.300. The number of esters is 1. The number of rotatable bonds is 4. The molecular weight excluding hydrogens is 390 g/mol. The summed E-state index contributed by atoms with van der Waals surface area (Å²) in [7, 11) is -2.60. The van der Waals surface area contributed by atoms with Crippen LogP contribution in [-0.4, -0.2) is 27.5 Å². The van der Waals surface area contributed by atoms with Crippen molar-refractivity contribution in [3.63, 3.8) is 0 Å². The Hall–Kier alpha value is -0.440. The second kappa shape index (κ2) is 6.14. The van der Waals surface area contributed by atoms with Gasteiger partial charge in [-0.05, 0) is 41.1 Å². The first-order chi connectivity index (χ1) is 8.27. The predicted molar refractivity (Wildman–Crippen MR) is 73.6 cm³/mol. The highest BCUT2D eigenvalue weighted by molar-refractivity contribution is 9.11. The zero-order chi connectivity index (χ0) is 13.9. The van der Waals surface area contributed by atoms with Crippen LogP contribution in [0.25, 0.3) is 0 Å². The molecule has 0 amide bonds. The Labute approximate surface area is 122 Å². The van der Waals surface area contributed by atoms with Crippen LogP contribution in [0.5, 0.6) is 0 Å². The van der Waals surface area contributed by atoms with Crippen molar-refractivity contribution in [1.29, 1.82) is 0 Å². The van der Waals surface area contributed by atoms with Gasteiger partial charge >= 0.3 is 5.97 Å². The Morgan fingerprint density at radius 2 is 2.00 bits per heavy atom. The predicted octanol–water partition coefficient (Wildman–Crippen LogP) is 2.05. The van der Waals surface area contributed by atoms with Crippen LogP contribution in [-0.2, 0) is 19.6 Å². The van der Waals surface area contributed by atoms with Crippen LogP contribution >= 0.6 is 31.9 Å². The molecule has 0 saturated heterocycles. The van der Waals surface area contributed by atoms with E-state index in [4.69, 9.17) is 0 Å². The third-order valence-electron chi connectivity index (χ3n) is 2.07. The van der Waals surface area contributed by atoms with Gasteiger partial charge in [0.2, 0.25) is 10.0 Å². The molecule has 1 N–H and O–H groups in total. The van der Waals surface area contributed by atoms with Crippen molar-refractivity contribution in [2.24, 2.45) is 0 Å². The van der Waals surface area contributed by atoms with Crippen molar-refractivity contribution in [3.05, 3.63) is 27.1 Å². The number of ether oxygens (including phenoxy) is 1. The molecule has 0 fully saturated rings. The average molecular weight is 401 g/mol. The Kier molecular flexibility index (Phi) is 5.32. The summed E-state index contributed by atoms with van der Waals surface area (Å²) in [4.78, 5) is 11.3. The molecule has 8 heteroatoms. The lowest BCUT2D eigenvalue weighted by atomic mass is 10.4. The van der Waals surface area contributed by atoms with E-state index in [0.717, 1.165) is 0 Å². The van der Waals surface area contributed by atoms with Gasteiger partial charge in [-0.1, -0.05) is 15.9 Å². The molecule has 18 heavy (non-hydrogen) atoms. The van der Waals surface area contributed by atoms with E-state index in [2.05, 4.69) is 41.3 Å². The van der Waals surface area contributed by atoms with Gasteiger partial charge in [0, 0.05) is 8.95 Å². The van der Waals surface area contributed by atoms with Crippen molar-refractivity contribution in [2.45, 2.75) is 17.9 Å². The summed E-state index contributed by atoms with van der Waals surface area (Å²) in [6.07, 6.45) is 0. The van der Waals surface area contributed by atoms with Gasteiger partial charge in [-0.3, -0.25) is 4.79 Å². The van der Waals surface area contributed by atoms with E-state index in [1.165, 1.54) is 20.1 Å². The lowest BCUT2D eigenvalue weighted by Crippen LogP contribution is -2.39. The molecular formula is C10H11Br2NO4S. The average Bonchev–Trinajstić information content (AvgIpc) is 2.30. The molecule has 0 spiro atoms. The molecule has 0 aromatic heterocycles. The summed E-state index contributed by atoms with van der Waals surface area (Å²) in [5.74, 6) is -0.648. The summed E-state index contributed by atoms with van der Waals surface area (Å²) < 4.78 is 31.9. The molecule has 0 heterocycles. The molecule has 1 rings (SSSR count). The highest BCUT2D eigenvalue weighted by atomic mass is 79.9. The van der Waals surface area contributed by atoms with Crippen LogP contribution in [0.4, 0.5) is 0 Å². The number of hydrogen-bond donors (Lipinski definition) is 1. The molecule has 0 radical (unpaired) electrons. The van der Waals surface area contributed by atoms with Crippen LogP contribution in [0.15, 0.2) is 32.0 Å². The lowest BCUT2D eigenvalue weighted by molar-refractivity contribution is -0.142. The minimum atomic E-state index is -3.80. The summed E-state index contributed by atoms with van der Waals surface area (Å²) in [5, 5.41) is 0. The zero-order valence-corrected chi connectivity index (χ0v) is 13.6. The van der Waals surface area contributed by atoms with Crippen LogP contribution < -0.4 is 4.72 Å².